The van der Waals surface area contributed by atoms with Crippen molar-refractivity contribution in [1.29, 1.82) is 0 Å². The lowest BCUT2D eigenvalue weighted by Gasteiger charge is -1.96. The summed E-state index contributed by atoms with van der Waals surface area (Å²) in [7, 11) is 0. The zero-order valence-corrected chi connectivity index (χ0v) is 8.74. The molecule has 2 heterocycles. The average Bonchev–Trinajstić information content (AvgIpc) is 2.47. The van der Waals surface area contributed by atoms with Gasteiger partial charge in [0, 0.05) is 6.54 Å². The molecule has 68 valence electrons. The maximum absolute atomic E-state index is 5.48. The summed E-state index contributed by atoms with van der Waals surface area (Å²) in [6, 6.07) is 1.93. The standard InChI is InChI=1S/C8H9BrN4/c1-5-2-7(9)8-11-6(3-10)4-13(8)12-5/h2,4H,3,10H2,1H3. The summed E-state index contributed by atoms with van der Waals surface area (Å²) in [5.74, 6) is 0. The fourth-order valence-corrected chi connectivity index (χ4v) is 1.80. The molecule has 2 aromatic heterocycles. The maximum atomic E-state index is 5.48. The molecule has 0 atom stereocenters. The first kappa shape index (κ1) is 8.65. The Balaban J connectivity index is 2.75. The molecule has 4 nitrogen and oxygen atoms in total. The molecule has 0 spiro atoms. The Morgan fingerprint density at radius 2 is 2.38 bits per heavy atom. The van der Waals surface area contributed by atoms with Crippen molar-refractivity contribution in [3.8, 4) is 0 Å². The van der Waals surface area contributed by atoms with Gasteiger partial charge in [0.05, 0.1) is 22.1 Å². The molecule has 0 amide bonds. The molecule has 0 saturated carbocycles. The van der Waals surface area contributed by atoms with Gasteiger partial charge in [-0.05, 0) is 28.9 Å². The van der Waals surface area contributed by atoms with Crippen LogP contribution in [0.1, 0.15) is 11.4 Å². The maximum Gasteiger partial charge on any atom is 0.168 e. The average molecular weight is 241 g/mol. The van der Waals surface area contributed by atoms with Gasteiger partial charge in [0.25, 0.3) is 0 Å². The molecule has 2 N–H and O–H groups in total. The van der Waals surface area contributed by atoms with Crippen molar-refractivity contribution in [2.45, 2.75) is 13.5 Å². The third kappa shape index (κ3) is 1.45. The zero-order valence-electron chi connectivity index (χ0n) is 7.16. The number of aromatic nitrogens is 3. The lowest BCUT2D eigenvalue weighted by atomic mass is 10.4. The molecule has 0 aliphatic carbocycles. The van der Waals surface area contributed by atoms with E-state index < -0.39 is 0 Å². The number of halogens is 1. The summed E-state index contributed by atoms with van der Waals surface area (Å²) in [6.07, 6.45) is 1.84. The monoisotopic (exact) mass is 240 g/mol. The number of nitrogens with zero attached hydrogens (tertiary/aromatic N) is 3. The lowest BCUT2D eigenvalue weighted by molar-refractivity contribution is 0.892. The summed E-state index contributed by atoms with van der Waals surface area (Å²) in [5, 5.41) is 4.27. The molecule has 13 heavy (non-hydrogen) atoms. The van der Waals surface area contributed by atoms with E-state index in [-0.39, 0.29) is 0 Å². The number of hydrogen-bond donors (Lipinski definition) is 1. The molecule has 2 rings (SSSR count). The summed E-state index contributed by atoms with van der Waals surface area (Å²) < 4.78 is 2.68. The minimum Gasteiger partial charge on any atom is -0.325 e. The molecule has 0 fully saturated rings. The van der Waals surface area contributed by atoms with Gasteiger partial charge in [-0.2, -0.15) is 5.10 Å². The van der Waals surface area contributed by atoms with Crippen LogP contribution >= 0.6 is 15.9 Å². The lowest BCUT2D eigenvalue weighted by Crippen LogP contribution is -1.95. The van der Waals surface area contributed by atoms with Gasteiger partial charge in [0.1, 0.15) is 0 Å². The van der Waals surface area contributed by atoms with Gasteiger partial charge < -0.3 is 5.73 Å². The van der Waals surface area contributed by atoms with Crippen LogP contribution in [0.25, 0.3) is 5.65 Å². The van der Waals surface area contributed by atoms with Gasteiger partial charge in [-0.1, -0.05) is 0 Å². The van der Waals surface area contributed by atoms with Crippen molar-refractivity contribution in [3.63, 3.8) is 0 Å². The van der Waals surface area contributed by atoms with Gasteiger partial charge in [-0.3, -0.25) is 0 Å². The highest BCUT2D eigenvalue weighted by Crippen LogP contribution is 2.17. The molecule has 0 aliphatic rings. The van der Waals surface area contributed by atoms with Gasteiger partial charge in [0.2, 0.25) is 0 Å². The Bertz CT molecular complexity index is 449. The highest BCUT2D eigenvalue weighted by atomic mass is 79.9. The number of nitrogens with two attached hydrogens (primary N) is 1. The van der Waals surface area contributed by atoms with E-state index in [4.69, 9.17) is 5.73 Å². The Hall–Kier alpha value is -0.940. The Kier molecular flexibility index (Phi) is 2.05. The van der Waals surface area contributed by atoms with Crippen LogP contribution in [0.3, 0.4) is 0 Å². The van der Waals surface area contributed by atoms with Crippen molar-refractivity contribution in [1.82, 2.24) is 14.6 Å². The van der Waals surface area contributed by atoms with E-state index in [1.807, 2.05) is 19.2 Å². The summed E-state index contributed by atoms with van der Waals surface area (Å²) in [4.78, 5) is 4.30. The largest absolute Gasteiger partial charge is 0.325 e. The fraction of sp³-hybridized carbons (Fsp3) is 0.250. The summed E-state index contributed by atoms with van der Waals surface area (Å²) >= 11 is 3.43. The highest BCUT2D eigenvalue weighted by Gasteiger charge is 2.05. The predicted octanol–water partition coefficient (Wildman–Crippen LogP) is 1.26. The second-order valence-electron chi connectivity index (χ2n) is 2.84. The van der Waals surface area contributed by atoms with Crippen molar-refractivity contribution in [3.05, 3.63) is 28.1 Å². The van der Waals surface area contributed by atoms with Crippen LogP contribution in [0.4, 0.5) is 0 Å². The molecular formula is C8H9BrN4. The minimum absolute atomic E-state index is 0.439. The molecule has 5 heteroatoms. The first-order valence-electron chi connectivity index (χ1n) is 3.92. The molecule has 0 radical (unpaired) electrons. The van der Waals surface area contributed by atoms with Crippen molar-refractivity contribution in [2.75, 3.05) is 0 Å². The molecular weight excluding hydrogens is 232 g/mol. The second kappa shape index (κ2) is 3.08. The third-order valence-corrected chi connectivity index (χ3v) is 2.35. The zero-order chi connectivity index (χ0) is 9.42. The van der Waals surface area contributed by atoms with Crippen LogP contribution in [0.5, 0.6) is 0 Å². The van der Waals surface area contributed by atoms with Crippen LogP contribution in [-0.4, -0.2) is 14.6 Å². The SMILES string of the molecule is Cc1cc(Br)c2nc(CN)cn2n1. The Morgan fingerprint density at radius 3 is 3.08 bits per heavy atom. The smallest absolute Gasteiger partial charge is 0.168 e. The van der Waals surface area contributed by atoms with Crippen LogP contribution in [0.15, 0.2) is 16.7 Å². The van der Waals surface area contributed by atoms with E-state index in [1.54, 1.807) is 4.52 Å². The van der Waals surface area contributed by atoms with Crippen LogP contribution in [0.2, 0.25) is 0 Å². The van der Waals surface area contributed by atoms with E-state index in [0.29, 0.717) is 6.54 Å². The van der Waals surface area contributed by atoms with E-state index in [2.05, 4.69) is 26.0 Å². The topological polar surface area (TPSA) is 56.2 Å². The first-order valence-corrected chi connectivity index (χ1v) is 4.71. The minimum atomic E-state index is 0.439. The Labute approximate surface area is 83.9 Å². The summed E-state index contributed by atoms with van der Waals surface area (Å²) in [5.41, 5.74) is 8.08. The molecule has 0 aromatic carbocycles. The van der Waals surface area contributed by atoms with Gasteiger partial charge in [-0.25, -0.2) is 9.50 Å². The summed E-state index contributed by atoms with van der Waals surface area (Å²) in [6.45, 7) is 2.38. The predicted molar refractivity (Wildman–Crippen MR) is 53.3 cm³/mol. The number of hydrogen-bond acceptors (Lipinski definition) is 3. The van der Waals surface area contributed by atoms with Crippen molar-refractivity contribution >= 4 is 21.6 Å². The van der Waals surface area contributed by atoms with E-state index in [1.165, 1.54) is 0 Å². The normalized spacial score (nSPS) is 11.0. The number of rotatable bonds is 1. The third-order valence-electron chi connectivity index (χ3n) is 1.76. The number of imidazole rings is 1. The van der Waals surface area contributed by atoms with Crippen LogP contribution < -0.4 is 5.73 Å². The first-order chi connectivity index (χ1) is 6.20. The molecule has 0 unspecified atom stereocenters. The second-order valence-corrected chi connectivity index (χ2v) is 3.69. The van der Waals surface area contributed by atoms with Crippen molar-refractivity contribution in [2.24, 2.45) is 5.73 Å². The van der Waals surface area contributed by atoms with Gasteiger partial charge in [-0.15, -0.1) is 0 Å². The Morgan fingerprint density at radius 1 is 1.62 bits per heavy atom. The molecule has 2 aromatic rings. The van der Waals surface area contributed by atoms with Gasteiger partial charge in [0.15, 0.2) is 5.65 Å². The van der Waals surface area contributed by atoms with Crippen molar-refractivity contribution < 1.29 is 0 Å². The van der Waals surface area contributed by atoms with E-state index in [0.717, 1.165) is 21.5 Å². The number of aryl methyl sites for hydroxylation is 1. The number of fused-ring (bicyclic) bond motifs is 1. The quantitative estimate of drug-likeness (QED) is 0.817. The highest BCUT2D eigenvalue weighted by molar-refractivity contribution is 9.10. The fourth-order valence-electron chi connectivity index (χ4n) is 1.20. The van der Waals surface area contributed by atoms with E-state index in [9.17, 15) is 0 Å². The van der Waals surface area contributed by atoms with Gasteiger partial charge >= 0.3 is 0 Å². The van der Waals surface area contributed by atoms with E-state index >= 15 is 0 Å². The molecule has 0 saturated heterocycles. The van der Waals surface area contributed by atoms with Crippen LogP contribution in [-0.2, 0) is 6.54 Å². The molecule has 0 aliphatic heterocycles. The molecule has 0 bridgehead atoms. The van der Waals surface area contributed by atoms with Crippen LogP contribution in [0, 0.1) is 6.92 Å².